The highest BCUT2D eigenvalue weighted by molar-refractivity contribution is 9.10. The number of thiocarbonyl (C=S) groups is 1. The van der Waals surface area contributed by atoms with E-state index in [1.54, 1.807) is 0 Å². The minimum absolute atomic E-state index is 0.0833. The second kappa shape index (κ2) is 7.45. The lowest BCUT2D eigenvalue weighted by Gasteiger charge is -2.19. The van der Waals surface area contributed by atoms with Crippen LogP contribution in [0.4, 0.5) is 5.69 Å². The van der Waals surface area contributed by atoms with Crippen LogP contribution in [0.3, 0.4) is 0 Å². The van der Waals surface area contributed by atoms with E-state index in [2.05, 4.69) is 21.2 Å². The number of rotatable bonds is 6. The predicted octanol–water partition coefficient (Wildman–Crippen LogP) is 2.00. The van der Waals surface area contributed by atoms with Gasteiger partial charge in [-0.3, -0.25) is 9.69 Å². The van der Waals surface area contributed by atoms with E-state index in [9.17, 15) is 4.79 Å². The predicted molar refractivity (Wildman–Crippen MR) is 81.7 cm³/mol. The number of benzene rings is 1. The number of para-hydroxylation sites is 1. The first-order valence-electron chi connectivity index (χ1n) is 5.58. The largest absolute Gasteiger partial charge is 0.392 e. The number of hydrogen-bond acceptors (Lipinski definition) is 3. The summed E-state index contributed by atoms with van der Waals surface area (Å²) in [5, 5.41) is 2.84. The van der Waals surface area contributed by atoms with Crippen LogP contribution in [-0.2, 0) is 4.79 Å². The maximum Gasteiger partial charge on any atom is 0.238 e. The van der Waals surface area contributed by atoms with E-state index < -0.39 is 0 Å². The first-order valence-corrected chi connectivity index (χ1v) is 6.78. The van der Waals surface area contributed by atoms with Crippen molar-refractivity contribution >= 4 is 44.7 Å². The SMILES string of the molecule is CCN(CC(=O)Nc1ccccc1Br)CC(N)=S. The fourth-order valence-electron chi connectivity index (χ4n) is 1.46. The summed E-state index contributed by atoms with van der Waals surface area (Å²) in [7, 11) is 0. The van der Waals surface area contributed by atoms with Crippen LogP contribution in [0.2, 0.25) is 0 Å². The molecule has 0 aliphatic rings. The number of nitrogens with one attached hydrogen (secondary N) is 1. The lowest BCUT2D eigenvalue weighted by Crippen LogP contribution is -2.38. The molecular formula is C12H16BrN3OS. The Bertz CT molecular complexity index is 439. The standard InChI is InChI=1S/C12H16BrN3OS/c1-2-16(7-11(14)18)8-12(17)15-10-6-4-3-5-9(10)13/h3-6H,2,7-8H2,1H3,(H2,14,18)(H,15,17). The second-order valence-corrected chi connectivity index (χ2v) is 5.18. The van der Waals surface area contributed by atoms with Gasteiger partial charge in [-0.25, -0.2) is 0 Å². The number of carbonyl (C=O) groups excluding carboxylic acids is 1. The highest BCUT2D eigenvalue weighted by Crippen LogP contribution is 2.20. The molecule has 0 aliphatic heterocycles. The van der Waals surface area contributed by atoms with Crippen LogP contribution in [0.1, 0.15) is 6.92 Å². The molecule has 3 N–H and O–H groups in total. The maximum absolute atomic E-state index is 11.9. The molecule has 4 nitrogen and oxygen atoms in total. The first kappa shape index (κ1) is 15.1. The van der Waals surface area contributed by atoms with E-state index in [1.165, 1.54) is 0 Å². The van der Waals surface area contributed by atoms with Gasteiger partial charge in [-0.1, -0.05) is 31.3 Å². The lowest BCUT2D eigenvalue weighted by molar-refractivity contribution is -0.117. The van der Waals surface area contributed by atoms with E-state index >= 15 is 0 Å². The summed E-state index contributed by atoms with van der Waals surface area (Å²) >= 11 is 8.22. The Morgan fingerprint density at radius 1 is 1.44 bits per heavy atom. The van der Waals surface area contributed by atoms with Gasteiger partial charge in [0.2, 0.25) is 5.91 Å². The van der Waals surface area contributed by atoms with E-state index in [-0.39, 0.29) is 12.5 Å². The van der Waals surface area contributed by atoms with Gasteiger partial charge in [-0.2, -0.15) is 0 Å². The molecule has 0 unspecified atom stereocenters. The molecule has 0 saturated heterocycles. The summed E-state index contributed by atoms with van der Waals surface area (Å²) in [5.74, 6) is -0.0833. The maximum atomic E-state index is 11.9. The van der Waals surface area contributed by atoms with Crippen molar-refractivity contribution in [2.24, 2.45) is 5.73 Å². The molecule has 0 bridgehead atoms. The van der Waals surface area contributed by atoms with E-state index in [4.69, 9.17) is 18.0 Å². The minimum atomic E-state index is -0.0833. The Kier molecular flexibility index (Phi) is 6.24. The number of anilines is 1. The van der Waals surface area contributed by atoms with Crippen LogP contribution in [0.25, 0.3) is 0 Å². The highest BCUT2D eigenvalue weighted by Gasteiger charge is 2.11. The van der Waals surface area contributed by atoms with Gasteiger partial charge in [0.25, 0.3) is 0 Å². The molecule has 1 aromatic rings. The zero-order valence-electron chi connectivity index (χ0n) is 10.1. The third-order valence-electron chi connectivity index (χ3n) is 2.34. The van der Waals surface area contributed by atoms with Crippen molar-refractivity contribution < 1.29 is 4.79 Å². The number of likely N-dealkylation sites (N-methyl/N-ethyl adjacent to an activating group) is 1. The zero-order chi connectivity index (χ0) is 13.5. The van der Waals surface area contributed by atoms with Gasteiger partial charge in [0.05, 0.1) is 17.2 Å². The summed E-state index contributed by atoms with van der Waals surface area (Å²) in [6, 6.07) is 7.48. The Balaban J connectivity index is 2.55. The third-order valence-corrected chi connectivity index (χ3v) is 3.16. The third kappa shape index (κ3) is 5.12. The molecule has 98 valence electrons. The molecule has 18 heavy (non-hydrogen) atoms. The molecule has 1 amide bonds. The molecule has 0 aliphatic carbocycles. The van der Waals surface area contributed by atoms with Crippen molar-refractivity contribution in [2.45, 2.75) is 6.92 Å². The van der Waals surface area contributed by atoms with Crippen LogP contribution in [-0.4, -0.2) is 35.4 Å². The monoisotopic (exact) mass is 329 g/mol. The van der Waals surface area contributed by atoms with Crippen molar-refractivity contribution in [1.29, 1.82) is 0 Å². The van der Waals surface area contributed by atoms with E-state index in [0.717, 1.165) is 16.7 Å². The van der Waals surface area contributed by atoms with Crippen molar-refractivity contribution in [3.8, 4) is 0 Å². The summed E-state index contributed by atoms with van der Waals surface area (Å²) < 4.78 is 0.857. The topological polar surface area (TPSA) is 58.4 Å². The van der Waals surface area contributed by atoms with Crippen molar-refractivity contribution in [3.63, 3.8) is 0 Å². The number of hydrogen-bond donors (Lipinski definition) is 2. The average Bonchev–Trinajstić information content (AvgIpc) is 2.30. The Morgan fingerprint density at radius 3 is 2.67 bits per heavy atom. The van der Waals surface area contributed by atoms with Gasteiger partial charge >= 0.3 is 0 Å². The molecule has 1 aromatic carbocycles. The molecule has 1 rings (SSSR count). The number of halogens is 1. The Morgan fingerprint density at radius 2 is 2.11 bits per heavy atom. The van der Waals surface area contributed by atoms with Gasteiger partial charge in [0.1, 0.15) is 0 Å². The molecule has 0 spiro atoms. The molecule has 0 heterocycles. The van der Waals surface area contributed by atoms with Gasteiger partial charge < -0.3 is 11.1 Å². The normalized spacial score (nSPS) is 10.4. The van der Waals surface area contributed by atoms with E-state index in [1.807, 2.05) is 36.1 Å². The average molecular weight is 330 g/mol. The summed E-state index contributed by atoms with van der Waals surface area (Å²) in [4.78, 5) is 14.1. The minimum Gasteiger partial charge on any atom is -0.392 e. The first-order chi connectivity index (χ1) is 8.52. The number of carbonyl (C=O) groups is 1. The molecule has 0 saturated carbocycles. The molecule has 0 aromatic heterocycles. The molecule has 0 radical (unpaired) electrons. The fourth-order valence-corrected chi connectivity index (χ4v) is 2.02. The number of nitrogens with two attached hydrogens (primary N) is 1. The van der Waals surface area contributed by atoms with Crippen molar-refractivity contribution in [3.05, 3.63) is 28.7 Å². The van der Waals surface area contributed by atoms with Gasteiger partial charge in [0, 0.05) is 11.0 Å². The zero-order valence-corrected chi connectivity index (χ0v) is 12.6. The highest BCUT2D eigenvalue weighted by atomic mass is 79.9. The van der Waals surface area contributed by atoms with Gasteiger partial charge in [0.15, 0.2) is 0 Å². The molecule has 6 heteroatoms. The molecular weight excluding hydrogens is 314 g/mol. The molecule has 0 atom stereocenters. The Hall–Kier alpha value is -0.980. The van der Waals surface area contributed by atoms with Crippen molar-refractivity contribution in [1.82, 2.24) is 4.90 Å². The number of amides is 1. The smallest absolute Gasteiger partial charge is 0.238 e. The fraction of sp³-hybridized carbons (Fsp3) is 0.333. The van der Waals surface area contributed by atoms with Gasteiger partial charge in [-0.05, 0) is 34.6 Å². The summed E-state index contributed by atoms with van der Waals surface area (Å²) in [6.45, 7) is 3.41. The number of nitrogens with zero attached hydrogens (tertiary/aromatic N) is 1. The summed E-state index contributed by atoms with van der Waals surface area (Å²) in [6.07, 6.45) is 0. The Labute approximate surface area is 121 Å². The quantitative estimate of drug-likeness (QED) is 0.784. The van der Waals surface area contributed by atoms with Crippen LogP contribution in [0.15, 0.2) is 28.7 Å². The van der Waals surface area contributed by atoms with Crippen LogP contribution in [0.5, 0.6) is 0 Å². The van der Waals surface area contributed by atoms with Crippen LogP contribution in [0, 0.1) is 0 Å². The second-order valence-electron chi connectivity index (χ2n) is 3.80. The van der Waals surface area contributed by atoms with Crippen molar-refractivity contribution in [2.75, 3.05) is 25.0 Å². The summed E-state index contributed by atoms with van der Waals surface area (Å²) in [5.41, 5.74) is 6.23. The molecule has 0 fully saturated rings. The van der Waals surface area contributed by atoms with Crippen LogP contribution >= 0.6 is 28.1 Å². The van der Waals surface area contributed by atoms with Crippen LogP contribution < -0.4 is 11.1 Å². The van der Waals surface area contributed by atoms with Gasteiger partial charge in [-0.15, -0.1) is 0 Å². The van der Waals surface area contributed by atoms with E-state index in [0.29, 0.717) is 11.5 Å². The lowest BCUT2D eigenvalue weighted by atomic mass is 10.3.